The molecule has 1 aliphatic heterocycles. The van der Waals surface area contributed by atoms with Crippen LogP contribution in [-0.2, 0) is 19.5 Å². The van der Waals surface area contributed by atoms with Crippen LogP contribution in [0, 0.1) is 0 Å². The second-order valence-corrected chi connectivity index (χ2v) is 5.88. The Morgan fingerprint density at radius 2 is 2.35 bits per heavy atom. The molecule has 0 saturated heterocycles. The number of nitrogens with zero attached hydrogens (tertiary/aromatic N) is 3. The number of hydrogen-bond acceptors (Lipinski definition) is 3. The number of halogens is 1. The summed E-state index contributed by atoms with van der Waals surface area (Å²) in [7, 11) is 1.58. The number of aryl methyl sites for hydroxylation is 2. The molecule has 0 amide bonds. The van der Waals surface area contributed by atoms with Gasteiger partial charge in [0.1, 0.15) is 11.6 Å². The summed E-state index contributed by atoms with van der Waals surface area (Å²) in [5.74, 6) is 2.10. The van der Waals surface area contributed by atoms with Crippen LogP contribution in [0.5, 0.6) is 5.75 Å². The summed E-state index contributed by atoms with van der Waals surface area (Å²) < 4.78 is 7.33. The number of aliphatic imine (C=N–C) groups is 1. The number of aromatic nitrogens is 2. The molecule has 0 fully saturated rings. The fourth-order valence-corrected chi connectivity index (χ4v) is 2.90. The minimum Gasteiger partial charge on any atom is -0.495 e. The Hall–Kier alpha value is -2.21. The number of nitrogens with two attached hydrogens (primary N) is 1. The highest BCUT2D eigenvalue weighted by Crippen LogP contribution is 2.27. The lowest BCUT2D eigenvalue weighted by Gasteiger charge is -2.11. The summed E-state index contributed by atoms with van der Waals surface area (Å²) in [6.45, 7) is 1.51. The zero-order valence-electron chi connectivity index (χ0n) is 13.1. The van der Waals surface area contributed by atoms with Crippen LogP contribution < -0.4 is 15.8 Å². The normalized spacial score (nSPS) is 14.4. The number of imidazole rings is 1. The highest BCUT2D eigenvalue weighted by Gasteiger charge is 2.11. The molecule has 122 valence electrons. The van der Waals surface area contributed by atoms with Crippen LogP contribution in [0.1, 0.15) is 24.4 Å². The Labute approximate surface area is 140 Å². The van der Waals surface area contributed by atoms with Crippen LogP contribution in [-0.4, -0.2) is 22.6 Å². The molecule has 1 aliphatic rings. The highest BCUT2D eigenvalue weighted by molar-refractivity contribution is 6.32. The van der Waals surface area contributed by atoms with E-state index in [1.165, 1.54) is 12.8 Å². The number of nitrogens with one attached hydrogen (secondary N) is 1. The first-order chi connectivity index (χ1) is 11.2. The Morgan fingerprint density at radius 1 is 1.48 bits per heavy atom. The molecule has 2 aromatic rings. The third-order valence-corrected chi connectivity index (χ3v) is 4.09. The second kappa shape index (κ2) is 6.91. The van der Waals surface area contributed by atoms with Crippen molar-refractivity contribution >= 4 is 23.2 Å². The SMILES string of the molecule is COc1ccc(NC(N)=NCc2cn3c(n2)CCCC3)cc1Cl. The smallest absolute Gasteiger partial charge is 0.193 e. The Balaban J connectivity index is 1.63. The van der Waals surface area contributed by atoms with Crippen molar-refractivity contribution in [3.05, 3.63) is 40.9 Å². The van der Waals surface area contributed by atoms with E-state index in [-0.39, 0.29) is 0 Å². The van der Waals surface area contributed by atoms with Gasteiger partial charge in [0, 0.05) is 24.8 Å². The molecular formula is C16H20ClN5O. The number of hydrogen-bond donors (Lipinski definition) is 2. The average Bonchev–Trinajstić information content (AvgIpc) is 2.96. The molecule has 0 aliphatic carbocycles. The van der Waals surface area contributed by atoms with Crippen molar-refractivity contribution in [2.45, 2.75) is 32.4 Å². The predicted octanol–water partition coefficient (Wildman–Crippen LogP) is 2.81. The maximum atomic E-state index is 6.09. The fraction of sp³-hybridized carbons (Fsp3) is 0.375. The van der Waals surface area contributed by atoms with Crippen LogP contribution in [0.4, 0.5) is 5.69 Å². The van der Waals surface area contributed by atoms with Gasteiger partial charge in [0.2, 0.25) is 0 Å². The van der Waals surface area contributed by atoms with Gasteiger partial charge in [0.05, 0.1) is 24.4 Å². The molecule has 0 bridgehead atoms. The van der Waals surface area contributed by atoms with Gasteiger partial charge in [-0.15, -0.1) is 0 Å². The first-order valence-electron chi connectivity index (χ1n) is 7.61. The summed E-state index contributed by atoms with van der Waals surface area (Å²) in [4.78, 5) is 8.94. The highest BCUT2D eigenvalue weighted by atomic mass is 35.5. The summed E-state index contributed by atoms with van der Waals surface area (Å²) in [6.07, 6.45) is 5.53. The van der Waals surface area contributed by atoms with Crippen LogP contribution in [0.2, 0.25) is 5.02 Å². The maximum absolute atomic E-state index is 6.09. The van der Waals surface area contributed by atoms with Crippen molar-refractivity contribution in [2.24, 2.45) is 10.7 Å². The van der Waals surface area contributed by atoms with E-state index in [0.29, 0.717) is 23.3 Å². The third kappa shape index (κ3) is 3.76. The quantitative estimate of drug-likeness (QED) is 0.666. The lowest BCUT2D eigenvalue weighted by atomic mass is 10.2. The average molecular weight is 334 g/mol. The van der Waals surface area contributed by atoms with Crippen molar-refractivity contribution < 1.29 is 4.74 Å². The molecule has 1 aromatic carbocycles. The number of anilines is 1. The molecule has 0 radical (unpaired) electrons. The zero-order valence-corrected chi connectivity index (χ0v) is 13.8. The lowest BCUT2D eigenvalue weighted by Crippen LogP contribution is -2.22. The molecule has 0 spiro atoms. The molecule has 23 heavy (non-hydrogen) atoms. The maximum Gasteiger partial charge on any atom is 0.193 e. The van der Waals surface area contributed by atoms with Crippen LogP contribution >= 0.6 is 11.6 Å². The van der Waals surface area contributed by atoms with Gasteiger partial charge >= 0.3 is 0 Å². The summed E-state index contributed by atoms with van der Waals surface area (Å²) in [5, 5.41) is 3.54. The third-order valence-electron chi connectivity index (χ3n) is 3.79. The van der Waals surface area contributed by atoms with E-state index in [9.17, 15) is 0 Å². The van der Waals surface area contributed by atoms with Crippen molar-refractivity contribution in [1.82, 2.24) is 9.55 Å². The van der Waals surface area contributed by atoms with E-state index in [1.54, 1.807) is 19.2 Å². The van der Waals surface area contributed by atoms with Gasteiger partial charge in [-0.1, -0.05) is 11.6 Å². The van der Waals surface area contributed by atoms with Gasteiger partial charge in [0.15, 0.2) is 5.96 Å². The number of methoxy groups -OCH3 is 1. The van der Waals surface area contributed by atoms with Gasteiger partial charge in [-0.3, -0.25) is 0 Å². The van der Waals surface area contributed by atoms with Gasteiger partial charge in [-0.2, -0.15) is 0 Å². The Bertz CT molecular complexity index is 702. The molecule has 0 unspecified atom stereocenters. The van der Waals surface area contributed by atoms with Gasteiger partial charge in [-0.25, -0.2) is 9.98 Å². The zero-order chi connectivity index (χ0) is 16.2. The number of guanidine groups is 1. The van der Waals surface area contributed by atoms with Gasteiger partial charge < -0.3 is 20.4 Å². The first kappa shape index (κ1) is 15.7. The fourth-order valence-electron chi connectivity index (χ4n) is 2.65. The van der Waals surface area contributed by atoms with E-state index < -0.39 is 0 Å². The second-order valence-electron chi connectivity index (χ2n) is 5.47. The predicted molar refractivity (Wildman–Crippen MR) is 92.1 cm³/mol. The monoisotopic (exact) mass is 333 g/mol. The molecule has 3 N–H and O–H groups in total. The molecule has 0 saturated carbocycles. The standard InChI is InChI=1S/C16H20ClN5O/c1-23-14-6-5-11(8-13(14)17)21-16(18)19-9-12-10-22-7-3-2-4-15(22)20-12/h5-6,8,10H,2-4,7,9H2,1H3,(H3,18,19,21). The van der Waals surface area contributed by atoms with Crippen LogP contribution in [0.15, 0.2) is 29.4 Å². The minimum absolute atomic E-state index is 0.331. The summed E-state index contributed by atoms with van der Waals surface area (Å²) in [6, 6.07) is 5.36. The summed E-state index contributed by atoms with van der Waals surface area (Å²) >= 11 is 6.09. The largest absolute Gasteiger partial charge is 0.495 e. The number of rotatable bonds is 4. The number of ether oxygens (including phenoxy) is 1. The van der Waals surface area contributed by atoms with E-state index in [2.05, 4.69) is 26.1 Å². The van der Waals surface area contributed by atoms with E-state index >= 15 is 0 Å². The van der Waals surface area contributed by atoms with E-state index in [4.69, 9.17) is 22.1 Å². The molecular weight excluding hydrogens is 314 g/mol. The molecule has 0 atom stereocenters. The Morgan fingerprint density at radius 3 is 3.09 bits per heavy atom. The van der Waals surface area contributed by atoms with Crippen molar-refractivity contribution in [2.75, 3.05) is 12.4 Å². The molecule has 3 rings (SSSR count). The molecule has 7 heteroatoms. The van der Waals surface area contributed by atoms with Crippen molar-refractivity contribution in [3.63, 3.8) is 0 Å². The molecule has 6 nitrogen and oxygen atoms in total. The van der Waals surface area contributed by atoms with E-state index in [0.717, 1.165) is 30.2 Å². The lowest BCUT2D eigenvalue weighted by molar-refractivity contribution is 0.415. The molecule has 1 aromatic heterocycles. The van der Waals surface area contributed by atoms with Gasteiger partial charge in [0.25, 0.3) is 0 Å². The molecule has 2 heterocycles. The van der Waals surface area contributed by atoms with Crippen molar-refractivity contribution in [3.8, 4) is 5.75 Å². The van der Waals surface area contributed by atoms with E-state index in [1.807, 2.05) is 6.07 Å². The van der Waals surface area contributed by atoms with Gasteiger partial charge in [-0.05, 0) is 31.0 Å². The van der Waals surface area contributed by atoms with Crippen LogP contribution in [0.3, 0.4) is 0 Å². The van der Waals surface area contributed by atoms with Crippen molar-refractivity contribution in [1.29, 1.82) is 0 Å². The Kier molecular flexibility index (Phi) is 4.71. The number of fused-ring (bicyclic) bond motifs is 1. The minimum atomic E-state index is 0.331. The topological polar surface area (TPSA) is 77.5 Å². The first-order valence-corrected chi connectivity index (χ1v) is 7.99. The summed E-state index contributed by atoms with van der Waals surface area (Å²) in [5.41, 5.74) is 7.64. The number of benzene rings is 1. The van der Waals surface area contributed by atoms with Crippen LogP contribution in [0.25, 0.3) is 0 Å².